The SMILES string of the molecule is O=C(CSc1nc2ccc(-c3ncco3)cc2[nH]1)Nc1ccc(Cl)cc1. The number of thioether (sulfide) groups is 1. The zero-order valence-electron chi connectivity index (χ0n) is 13.4. The van der Waals surface area contributed by atoms with E-state index in [0.717, 1.165) is 16.6 Å². The topological polar surface area (TPSA) is 83.8 Å². The van der Waals surface area contributed by atoms with Crippen molar-refractivity contribution >= 4 is 46.0 Å². The number of anilines is 1. The highest BCUT2D eigenvalue weighted by Crippen LogP contribution is 2.25. The highest BCUT2D eigenvalue weighted by Gasteiger charge is 2.10. The van der Waals surface area contributed by atoms with Gasteiger partial charge in [-0.2, -0.15) is 0 Å². The van der Waals surface area contributed by atoms with E-state index in [0.29, 0.717) is 21.8 Å². The summed E-state index contributed by atoms with van der Waals surface area (Å²) in [6, 6.07) is 12.7. The van der Waals surface area contributed by atoms with E-state index in [-0.39, 0.29) is 11.7 Å². The maximum absolute atomic E-state index is 12.1. The summed E-state index contributed by atoms with van der Waals surface area (Å²) in [5.74, 6) is 0.686. The lowest BCUT2D eigenvalue weighted by Crippen LogP contribution is -2.13. The van der Waals surface area contributed by atoms with E-state index in [4.69, 9.17) is 16.0 Å². The van der Waals surface area contributed by atoms with Gasteiger partial charge in [0.05, 0.1) is 23.0 Å². The van der Waals surface area contributed by atoms with Crippen molar-refractivity contribution in [3.63, 3.8) is 0 Å². The zero-order chi connectivity index (χ0) is 17.9. The Morgan fingerprint density at radius 1 is 1.23 bits per heavy atom. The number of benzene rings is 2. The summed E-state index contributed by atoms with van der Waals surface area (Å²) in [5, 5.41) is 4.13. The second-order valence-corrected chi connectivity index (χ2v) is 6.86. The molecule has 0 aliphatic carbocycles. The molecule has 2 aromatic carbocycles. The first kappa shape index (κ1) is 16.7. The molecule has 2 aromatic heterocycles. The Morgan fingerprint density at radius 3 is 2.85 bits per heavy atom. The lowest BCUT2D eigenvalue weighted by atomic mass is 10.2. The minimum Gasteiger partial charge on any atom is -0.445 e. The Balaban J connectivity index is 1.42. The normalized spacial score (nSPS) is 11.0. The van der Waals surface area contributed by atoms with Crippen molar-refractivity contribution in [3.8, 4) is 11.5 Å². The highest BCUT2D eigenvalue weighted by atomic mass is 35.5. The van der Waals surface area contributed by atoms with Crippen LogP contribution >= 0.6 is 23.4 Å². The lowest BCUT2D eigenvalue weighted by Gasteiger charge is -2.04. The van der Waals surface area contributed by atoms with Gasteiger partial charge < -0.3 is 14.7 Å². The Morgan fingerprint density at radius 2 is 2.08 bits per heavy atom. The molecular weight excluding hydrogens is 372 g/mol. The quantitative estimate of drug-likeness (QED) is 0.491. The molecule has 0 saturated carbocycles. The van der Waals surface area contributed by atoms with Crippen LogP contribution in [0.4, 0.5) is 5.69 Å². The third-order valence-electron chi connectivity index (χ3n) is 3.61. The van der Waals surface area contributed by atoms with Crippen molar-refractivity contribution in [2.45, 2.75) is 5.16 Å². The molecule has 0 bridgehead atoms. The summed E-state index contributed by atoms with van der Waals surface area (Å²) in [4.78, 5) is 23.9. The second kappa shape index (κ2) is 7.23. The van der Waals surface area contributed by atoms with Crippen LogP contribution in [-0.2, 0) is 4.79 Å². The van der Waals surface area contributed by atoms with Gasteiger partial charge in [-0.05, 0) is 42.5 Å². The minimum absolute atomic E-state index is 0.113. The van der Waals surface area contributed by atoms with Crippen molar-refractivity contribution in [3.05, 3.63) is 59.9 Å². The van der Waals surface area contributed by atoms with Gasteiger partial charge in [-0.3, -0.25) is 4.79 Å². The number of aromatic nitrogens is 3. The molecule has 8 heteroatoms. The molecule has 0 atom stereocenters. The maximum Gasteiger partial charge on any atom is 0.234 e. The number of aromatic amines is 1. The highest BCUT2D eigenvalue weighted by molar-refractivity contribution is 7.99. The smallest absolute Gasteiger partial charge is 0.234 e. The fourth-order valence-electron chi connectivity index (χ4n) is 2.42. The van der Waals surface area contributed by atoms with Crippen LogP contribution in [0.2, 0.25) is 5.02 Å². The number of nitrogens with one attached hydrogen (secondary N) is 2. The van der Waals surface area contributed by atoms with Crippen molar-refractivity contribution < 1.29 is 9.21 Å². The monoisotopic (exact) mass is 384 g/mol. The van der Waals surface area contributed by atoms with Crippen molar-refractivity contribution in [1.29, 1.82) is 0 Å². The lowest BCUT2D eigenvalue weighted by molar-refractivity contribution is -0.113. The maximum atomic E-state index is 12.1. The Bertz CT molecular complexity index is 1040. The number of amides is 1. The number of H-pyrrole nitrogens is 1. The molecule has 0 radical (unpaired) electrons. The first-order valence-electron chi connectivity index (χ1n) is 7.75. The molecule has 0 spiro atoms. The van der Waals surface area contributed by atoms with E-state index in [2.05, 4.69) is 20.3 Å². The Labute approximate surface area is 158 Å². The largest absolute Gasteiger partial charge is 0.445 e. The molecule has 26 heavy (non-hydrogen) atoms. The molecule has 1 amide bonds. The molecule has 0 aliphatic rings. The third kappa shape index (κ3) is 3.74. The van der Waals surface area contributed by atoms with Gasteiger partial charge in [-0.1, -0.05) is 23.4 Å². The molecule has 0 unspecified atom stereocenters. The van der Waals surface area contributed by atoms with E-state index < -0.39 is 0 Å². The van der Waals surface area contributed by atoms with Gasteiger partial charge in [0.1, 0.15) is 6.26 Å². The first-order valence-corrected chi connectivity index (χ1v) is 9.11. The van der Waals surface area contributed by atoms with Crippen molar-refractivity contribution in [1.82, 2.24) is 15.0 Å². The van der Waals surface area contributed by atoms with Crippen LogP contribution in [0.15, 0.2) is 64.5 Å². The number of rotatable bonds is 5. The number of hydrogen-bond donors (Lipinski definition) is 2. The van der Waals surface area contributed by atoms with Crippen LogP contribution in [0, 0.1) is 0 Å². The molecule has 2 N–H and O–H groups in total. The van der Waals surface area contributed by atoms with E-state index >= 15 is 0 Å². The van der Waals surface area contributed by atoms with Crippen LogP contribution in [0.25, 0.3) is 22.5 Å². The van der Waals surface area contributed by atoms with Gasteiger partial charge >= 0.3 is 0 Å². The summed E-state index contributed by atoms with van der Waals surface area (Å²) in [6.45, 7) is 0. The van der Waals surface area contributed by atoms with Crippen molar-refractivity contribution in [2.24, 2.45) is 0 Å². The number of hydrogen-bond acceptors (Lipinski definition) is 5. The number of carbonyl (C=O) groups excluding carboxylic acids is 1. The van der Waals surface area contributed by atoms with Gasteiger partial charge in [0.25, 0.3) is 0 Å². The number of nitrogens with zero attached hydrogens (tertiary/aromatic N) is 2. The molecule has 2 heterocycles. The molecule has 130 valence electrons. The number of fused-ring (bicyclic) bond motifs is 1. The summed E-state index contributed by atoms with van der Waals surface area (Å²) in [6.07, 6.45) is 3.14. The van der Waals surface area contributed by atoms with Crippen LogP contribution in [0.3, 0.4) is 0 Å². The number of oxazole rings is 1. The predicted molar refractivity (Wildman–Crippen MR) is 102 cm³/mol. The van der Waals surface area contributed by atoms with Crippen molar-refractivity contribution in [2.75, 3.05) is 11.1 Å². The molecule has 6 nitrogen and oxygen atoms in total. The first-order chi connectivity index (χ1) is 12.7. The summed E-state index contributed by atoms with van der Waals surface area (Å²) < 4.78 is 5.31. The van der Waals surface area contributed by atoms with E-state index in [1.807, 2.05) is 18.2 Å². The molecule has 0 aliphatic heterocycles. The van der Waals surface area contributed by atoms with Crippen LogP contribution < -0.4 is 5.32 Å². The van der Waals surface area contributed by atoms with Gasteiger partial charge in [-0.15, -0.1) is 0 Å². The number of halogens is 1. The minimum atomic E-state index is -0.113. The van der Waals surface area contributed by atoms with Gasteiger partial charge in [-0.25, -0.2) is 9.97 Å². The molecule has 0 saturated heterocycles. The van der Waals surface area contributed by atoms with E-state index in [1.54, 1.807) is 30.5 Å². The second-order valence-electron chi connectivity index (χ2n) is 5.45. The standard InChI is InChI=1S/C18H13ClN4O2S/c19-12-2-4-13(5-3-12)21-16(24)10-26-18-22-14-6-1-11(9-15(14)23-18)17-20-7-8-25-17/h1-9H,10H2,(H,21,24)(H,22,23). The van der Waals surface area contributed by atoms with Crippen LogP contribution in [0.1, 0.15) is 0 Å². The van der Waals surface area contributed by atoms with Crippen LogP contribution in [0.5, 0.6) is 0 Å². The predicted octanol–water partition coefficient (Wildman–Crippen LogP) is 4.60. The third-order valence-corrected chi connectivity index (χ3v) is 4.73. The summed E-state index contributed by atoms with van der Waals surface area (Å²) in [7, 11) is 0. The van der Waals surface area contributed by atoms with Gasteiger partial charge in [0.2, 0.25) is 11.8 Å². The Hall–Kier alpha value is -2.77. The molecular formula is C18H13ClN4O2S. The van der Waals surface area contributed by atoms with Crippen LogP contribution in [-0.4, -0.2) is 26.6 Å². The van der Waals surface area contributed by atoms with E-state index in [1.165, 1.54) is 18.0 Å². The zero-order valence-corrected chi connectivity index (χ0v) is 15.0. The Kier molecular flexibility index (Phi) is 4.64. The fourth-order valence-corrected chi connectivity index (χ4v) is 3.23. The molecule has 4 rings (SSSR count). The average molecular weight is 385 g/mol. The van der Waals surface area contributed by atoms with E-state index in [9.17, 15) is 4.79 Å². The van der Waals surface area contributed by atoms with Gasteiger partial charge in [0, 0.05) is 16.3 Å². The molecule has 0 fully saturated rings. The summed E-state index contributed by atoms with van der Waals surface area (Å²) in [5.41, 5.74) is 3.26. The number of imidazole rings is 1. The van der Waals surface area contributed by atoms with Gasteiger partial charge in [0.15, 0.2) is 5.16 Å². The number of carbonyl (C=O) groups is 1. The molecule has 4 aromatic rings. The average Bonchev–Trinajstić information content (AvgIpc) is 3.30. The summed E-state index contributed by atoms with van der Waals surface area (Å²) >= 11 is 7.17. The fraction of sp³-hybridized carbons (Fsp3) is 0.0556.